The van der Waals surface area contributed by atoms with Gasteiger partial charge in [-0.3, -0.25) is 4.79 Å². The van der Waals surface area contributed by atoms with Gasteiger partial charge in [-0.1, -0.05) is 35.9 Å². The van der Waals surface area contributed by atoms with Gasteiger partial charge in [0, 0.05) is 0 Å². The van der Waals surface area contributed by atoms with Crippen LogP contribution in [0.5, 0.6) is 5.75 Å². The van der Waals surface area contributed by atoms with Gasteiger partial charge in [-0.15, -0.1) is 0 Å². The standard InChI is InChI=1S/C15H18O2/c1-4-5-6-13(3)15(16)11-17-14-9-7-12(2)8-10-14/h4-10H,11H2,1-3H3/b5-4-,13-6+. The SMILES string of the molecule is C/C=C\C=C(/C)C(=O)COc1ccc(C)cc1. The first-order chi connectivity index (χ1) is 8.13. The van der Waals surface area contributed by atoms with Gasteiger partial charge in [0.2, 0.25) is 0 Å². The normalized spacial score (nSPS) is 11.8. The molecule has 0 saturated heterocycles. The van der Waals surface area contributed by atoms with Crippen molar-refractivity contribution in [1.29, 1.82) is 0 Å². The van der Waals surface area contributed by atoms with Gasteiger partial charge in [0.25, 0.3) is 0 Å². The molecule has 0 unspecified atom stereocenters. The molecular formula is C15H18O2. The average molecular weight is 230 g/mol. The lowest BCUT2D eigenvalue weighted by atomic mass is 10.2. The molecule has 0 atom stereocenters. The molecule has 1 aromatic rings. The molecule has 0 aliphatic rings. The lowest BCUT2D eigenvalue weighted by Crippen LogP contribution is -2.12. The summed E-state index contributed by atoms with van der Waals surface area (Å²) in [5.74, 6) is 0.728. The first kappa shape index (κ1) is 13.2. The molecule has 0 spiro atoms. The highest BCUT2D eigenvalue weighted by molar-refractivity contribution is 5.96. The summed E-state index contributed by atoms with van der Waals surface area (Å²) < 4.78 is 5.41. The van der Waals surface area contributed by atoms with Crippen LogP contribution in [0.4, 0.5) is 0 Å². The van der Waals surface area contributed by atoms with Crippen molar-refractivity contribution < 1.29 is 9.53 Å². The smallest absolute Gasteiger partial charge is 0.195 e. The lowest BCUT2D eigenvalue weighted by molar-refractivity contribution is -0.117. The Morgan fingerprint density at radius 1 is 1.29 bits per heavy atom. The Bertz CT molecular complexity index is 425. The Morgan fingerprint density at radius 2 is 1.94 bits per heavy atom. The number of aryl methyl sites for hydroxylation is 1. The average Bonchev–Trinajstić information content (AvgIpc) is 2.34. The summed E-state index contributed by atoms with van der Waals surface area (Å²) in [7, 11) is 0. The Morgan fingerprint density at radius 3 is 2.53 bits per heavy atom. The number of allylic oxidation sites excluding steroid dienone is 3. The van der Waals surface area contributed by atoms with Crippen LogP contribution in [0.25, 0.3) is 0 Å². The minimum Gasteiger partial charge on any atom is -0.485 e. The molecule has 90 valence electrons. The van der Waals surface area contributed by atoms with Crippen LogP contribution in [-0.2, 0) is 4.79 Å². The van der Waals surface area contributed by atoms with Gasteiger partial charge in [-0.05, 0) is 38.5 Å². The zero-order chi connectivity index (χ0) is 12.7. The van der Waals surface area contributed by atoms with Crippen molar-refractivity contribution in [2.24, 2.45) is 0 Å². The zero-order valence-corrected chi connectivity index (χ0v) is 10.6. The molecule has 0 fully saturated rings. The second-order valence-electron chi connectivity index (χ2n) is 3.90. The van der Waals surface area contributed by atoms with Crippen LogP contribution < -0.4 is 4.74 Å². The summed E-state index contributed by atoms with van der Waals surface area (Å²) >= 11 is 0. The molecule has 2 nitrogen and oxygen atoms in total. The van der Waals surface area contributed by atoms with E-state index in [-0.39, 0.29) is 12.4 Å². The number of ether oxygens (including phenoxy) is 1. The largest absolute Gasteiger partial charge is 0.485 e. The minimum atomic E-state index is 0.00340. The fraction of sp³-hybridized carbons (Fsp3) is 0.267. The van der Waals surface area contributed by atoms with Gasteiger partial charge in [-0.25, -0.2) is 0 Å². The molecule has 0 amide bonds. The van der Waals surface area contributed by atoms with Crippen molar-refractivity contribution in [2.45, 2.75) is 20.8 Å². The molecule has 0 aliphatic heterocycles. The van der Waals surface area contributed by atoms with Crippen LogP contribution >= 0.6 is 0 Å². The molecule has 2 heteroatoms. The van der Waals surface area contributed by atoms with E-state index in [4.69, 9.17) is 4.74 Å². The van der Waals surface area contributed by atoms with E-state index in [2.05, 4.69) is 0 Å². The van der Waals surface area contributed by atoms with Crippen molar-refractivity contribution in [1.82, 2.24) is 0 Å². The molecular weight excluding hydrogens is 212 g/mol. The quantitative estimate of drug-likeness (QED) is 0.572. The summed E-state index contributed by atoms with van der Waals surface area (Å²) in [5, 5.41) is 0. The van der Waals surface area contributed by atoms with Crippen molar-refractivity contribution in [2.75, 3.05) is 6.61 Å². The van der Waals surface area contributed by atoms with E-state index in [0.717, 1.165) is 5.75 Å². The Kier molecular flexibility index (Phi) is 5.21. The number of carbonyl (C=O) groups excluding carboxylic acids is 1. The molecule has 0 saturated carbocycles. The molecule has 0 heterocycles. The molecule has 1 aromatic carbocycles. The summed E-state index contributed by atoms with van der Waals surface area (Å²) in [6.45, 7) is 5.81. The van der Waals surface area contributed by atoms with Crippen molar-refractivity contribution in [3.05, 3.63) is 53.6 Å². The fourth-order valence-corrected chi connectivity index (χ4v) is 1.23. The third-order valence-corrected chi connectivity index (χ3v) is 2.37. The first-order valence-electron chi connectivity index (χ1n) is 5.65. The second kappa shape index (κ2) is 6.69. The van der Waals surface area contributed by atoms with Crippen LogP contribution in [0, 0.1) is 6.92 Å². The maximum absolute atomic E-state index is 11.7. The predicted molar refractivity (Wildman–Crippen MR) is 70.3 cm³/mol. The lowest BCUT2D eigenvalue weighted by Gasteiger charge is -2.05. The highest BCUT2D eigenvalue weighted by Gasteiger charge is 2.04. The van der Waals surface area contributed by atoms with Crippen LogP contribution in [0.3, 0.4) is 0 Å². The van der Waals surface area contributed by atoms with Gasteiger partial charge >= 0.3 is 0 Å². The zero-order valence-electron chi connectivity index (χ0n) is 10.6. The van der Waals surface area contributed by atoms with Gasteiger partial charge in [0.05, 0.1) is 0 Å². The summed E-state index contributed by atoms with van der Waals surface area (Å²) in [6.07, 6.45) is 5.53. The van der Waals surface area contributed by atoms with Crippen molar-refractivity contribution >= 4 is 5.78 Å². The third kappa shape index (κ3) is 4.68. The number of benzene rings is 1. The summed E-state index contributed by atoms with van der Waals surface area (Å²) in [6, 6.07) is 7.66. The molecule has 0 bridgehead atoms. The number of ketones is 1. The van der Waals surface area contributed by atoms with E-state index >= 15 is 0 Å². The van der Waals surface area contributed by atoms with Gasteiger partial charge < -0.3 is 4.74 Å². The van der Waals surface area contributed by atoms with Gasteiger partial charge in [0.15, 0.2) is 12.4 Å². The number of hydrogen-bond donors (Lipinski definition) is 0. The summed E-state index contributed by atoms with van der Waals surface area (Å²) in [4.78, 5) is 11.7. The van der Waals surface area contributed by atoms with Crippen LogP contribution in [0.1, 0.15) is 19.4 Å². The number of carbonyl (C=O) groups is 1. The monoisotopic (exact) mass is 230 g/mol. The molecule has 0 aliphatic carbocycles. The van der Waals surface area contributed by atoms with Gasteiger partial charge in [0.1, 0.15) is 5.75 Å². The van der Waals surface area contributed by atoms with Crippen LogP contribution in [0.15, 0.2) is 48.1 Å². The van der Waals surface area contributed by atoms with Crippen LogP contribution in [-0.4, -0.2) is 12.4 Å². The van der Waals surface area contributed by atoms with Crippen molar-refractivity contribution in [3.8, 4) is 5.75 Å². The first-order valence-corrected chi connectivity index (χ1v) is 5.65. The second-order valence-corrected chi connectivity index (χ2v) is 3.90. The van der Waals surface area contributed by atoms with Crippen molar-refractivity contribution in [3.63, 3.8) is 0 Å². The van der Waals surface area contributed by atoms with E-state index in [0.29, 0.717) is 5.57 Å². The maximum atomic E-state index is 11.7. The summed E-state index contributed by atoms with van der Waals surface area (Å²) in [5.41, 5.74) is 1.88. The van der Waals surface area contributed by atoms with E-state index in [1.165, 1.54) is 5.56 Å². The molecule has 0 aromatic heterocycles. The number of Topliss-reactive ketones (excluding diaryl/α,β-unsaturated/α-hetero) is 1. The van der Waals surface area contributed by atoms with E-state index in [1.807, 2.05) is 50.3 Å². The number of hydrogen-bond acceptors (Lipinski definition) is 2. The van der Waals surface area contributed by atoms with E-state index in [1.54, 1.807) is 13.0 Å². The van der Waals surface area contributed by atoms with Gasteiger partial charge in [-0.2, -0.15) is 0 Å². The highest BCUT2D eigenvalue weighted by Crippen LogP contribution is 2.11. The molecule has 0 N–H and O–H groups in total. The Hall–Kier alpha value is -1.83. The third-order valence-electron chi connectivity index (χ3n) is 2.37. The van der Waals surface area contributed by atoms with E-state index in [9.17, 15) is 4.79 Å². The highest BCUT2D eigenvalue weighted by atomic mass is 16.5. The minimum absolute atomic E-state index is 0.00340. The molecule has 17 heavy (non-hydrogen) atoms. The van der Waals surface area contributed by atoms with E-state index < -0.39 is 0 Å². The van der Waals surface area contributed by atoms with Crippen LogP contribution in [0.2, 0.25) is 0 Å². The fourth-order valence-electron chi connectivity index (χ4n) is 1.23. The predicted octanol–water partition coefficient (Wildman–Crippen LogP) is 3.47. The maximum Gasteiger partial charge on any atom is 0.195 e. The topological polar surface area (TPSA) is 26.3 Å². The Balaban J connectivity index is 2.51. The molecule has 1 rings (SSSR count). The number of rotatable bonds is 5. The molecule has 0 radical (unpaired) electrons. The Labute approximate surface area is 103 Å².